The third-order valence-corrected chi connectivity index (χ3v) is 4.82. The Balaban J connectivity index is 1.45. The van der Waals surface area contributed by atoms with Crippen molar-refractivity contribution in [2.24, 2.45) is 0 Å². The van der Waals surface area contributed by atoms with Crippen LogP contribution in [0.4, 0.5) is 5.69 Å². The van der Waals surface area contributed by atoms with Gasteiger partial charge in [-0.15, -0.1) is 11.8 Å². The summed E-state index contributed by atoms with van der Waals surface area (Å²) >= 11 is 1.57. The van der Waals surface area contributed by atoms with Crippen molar-refractivity contribution in [3.05, 3.63) is 60.3 Å². The van der Waals surface area contributed by atoms with E-state index in [1.54, 1.807) is 11.8 Å². The van der Waals surface area contributed by atoms with E-state index >= 15 is 0 Å². The van der Waals surface area contributed by atoms with Gasteiger partial charge in [0.1, 0.15) is 0 Å². The van der Waals surface area contributed by atoms with Crippen LogP contribution in [0.5, 0.6) is 0 Å². The Bertz CT molecular complexity index is 887. The first-order valence-corrected chi connectivity index (χ1v) is 9.64. The molecule has 0 aliphatic carbocycles. The Morgan fingerprint density at radius 3 is 2.54 bits per heavy atom. The number of nitrogens with one attached hydrogen (secondary N) is 3. The quantitative estimate of drug-likeness (QED) is 0.554. The van der Waals surface area contributed by atoms with Gasteiger partial charge in [-0.1, -0.05) is 30.3 Å². The first-order valence-electron chi connectivity index (χ1n) is 8.42. The van der Waals surface area contributed by atoms with Crippen LogP contribution in [0.2, 0.25) is 0 Å². The van der Waals surface area contributed by atoms with Gasteiger partial charge in [0.25, 0.3) is 0 Å². The highest BCUT2D eigenvalue weighted by molar-refractivity contribution is 7.98. The molecule has 6 heteroatoms. The van der Waals surface area contributed by atoms with Crippen LogP contribution >= 0.6 is 11.8 Å². The van der Waals surface area contributed by atoms with Crippen LogP contribution in [0.3, 0.4) is 0 Å². The molecule has 3 aromatic rings. The zero-order valence-electron chi connectivity index (χ0n) is 14.5. The molecule has 5 nitrogen and oxygen atoms in total. The molecule has 0 unspecified atom stereocenters. The van der Waals surface area contributed by atoms with Crippen molar-refractivity contribution in [2.75, 3.05) is 11.6 Å². The van der Waals surface area contributed by atoms with E-state index < -0.39 is 0 Å². The fourth-order valence-corrected chi connectivity index (χ4v) is 3.25. The summed E-state index contributed by atoms with van der Waals surface area (Å²) in [6.07, 6.45) is 2.28. The van der Waals surface area contributed by atoms with Gasteiger partial charge in [0.05, 0.1) is 12.2 Å². The molecule has 26 heavy (non-hydrogen) atoms. The third-order valence-electron chi connectivity index (χ3n) is 4.02. The number of para-hydroxylation sites is 2. The monoisotopic (exact) mass is 367 g/mol. The van der Waals surface area contributed by atoms with Gasteiger partial charge in [-0.25, -0.2) is 0 Å². The van der Waals surface area contributed by atoms with Crippen LogP contribution in [-0.2, 0) is 16.1 Å². The van der Waals surface area contributed by atoms with Crippen molar-refractivity contribution in [1.29, 1.82) is 0 Å². The Hall–Kier alpha value is -2.73. The van der Waals surface area contributed by atoms with Crippen molar-refractivity contribution in [3.8, 4) is 0 Å². The second-order valence-corrected chi connectivity index (χ2v) is 6.76. The van der Waals surface area contributed by atoms with E-state index in [-0.39, 0.29) is 24.7 Å². The van der Waals surface area contributed by atoms with Crippen LogP contribution < -0.4 is 10.6 Å². The molecule has 0 aliphatic heterocycles. The van der Waals surface area contributed by atoms with Crippen molar-refractivity contribution in [2.45, 2.75) is 24.3 Å². The molecule has 0 atom stereocenters. The minimum atomic E-state index is -0.160. The van der Waals surface area contributed by atoms with Gasteiger partial charge in [-0.2, -0.15) is 0 Å². The van der Waals surface area contributed by atoms with Crippen molar-refractivity contribution < 1.29 is 9.59 Å². The van der Waals surface area contributed by atoms with Crippen LogP contribution in [0.15, 0.2) is 59.5 Å². The van der Waals surface area contributed by atoms with Gasteiger partial charge in [-0.05, 0) is 35.9 Å². The highest BCUT2D eigenvalue weighted by atomic mass is 32.2. The molecule has 0 saturated heterocycles. The fourth-order valence-electron chi connectivity index (χ4n) is 2.70. The molecule has 0 bridgehead atoms. The number of benzene rings is 2. The number of carbonyl (C=O) groups is 2. The zero-order chi connectivity index (χ0) is 18.4. The van der Waals surface area contributed by atoms with E-state index in [4.69, 9.17) is 0 Å². The van der Waals surface area contributed by atoms with Crippen LogP contribution in [-0.4, -0.2) is 23.1 Å². The Labute approximate surface area is 156 Å². The SMILES string of the molecule is CSc1ccccc1NC(=O)CCC(=O)NCc1cc2ccccc2[nH]1. The summed E-state index contributed by atoms with van der Waals surface area (Å²) in [5.41, 5.74) is 2.77. The summed E-state index contributed by atoms with van der Waals surface area (Å²) in [4.78, 5) is 28.3. The minimum absolute atomic E-state index is 0.142. The molecule has 1 heterocycles. The van der Waals surface area contributed by atoms with Crippen molar-refractivity contribution >= 4 is 40.2 Å². The lowest BCUT2D eigenvalue weighted by Crippen LogP contribution is -2.24. The van der Waals surface area contributed by atoms with E-state index in [1.165, 1.54) is 0 Å². The zero-order valence-corrected chi connectivity index (χ0v) is 15.4. The Morgan fingerprint density at radius 1 is 1.00 bits per heavy atom. The smallest absolute Gasteiger partial charge is 0.224 e. The van der Waals surface area contributed by atoms with Crippen molar-refractivity contribution in [3.63, 3.8) is 0 Å². The minimum Gasteiger partial charge on any atom is -0.357 e. The molecule has 0 fully saturated rings. The Kier molecular flexibility index (Phi) is 5.96. The van der Waals surface area contributed by atoms with Gasteiger partial charge >= 0.3 is 0 Å². The molecule has 2 aromatic carbocycles. The van der Waals surface area contributed by atoms with Gasteiger partial charge in [-0.3, -0.25) is 9.59 Å². The van der Waals surface area contributed by atoms with Gasteiger partial charge in [0, 0.05) is 28.9 Å². The lowest BCUT2D eigenvalue weighted by molar-refractivity contribution is -0.124. The maximum absolute atomic E-state index is 12.1. The van der Waals surface area contributed by atoms with Crippen molar-refractivity contribution in [1.82, 2.24) is 10.3 Å². The van der Waals surface area contributed by atoms with Crippen LogP contribution in [0, 0.1) is 0 Å². The number of thioether (sulfide) groups is 1. The standard InChI is InChI=1S/C20H21N3O2S/c1-26-18-9-5-4-8-17(18)23-20(25)11-10-19(24)21-13-15-12-14-6-2-3-7-16(14)22-15/h2-9,12,22H,10-11,13H2,1H3,(H,21,24)(H,23,25). The van der Waals surface area contributed by atoms with Crippen LogP contribution in [0.25, 0.3) is 10.9 Å². The normalized spacial score (nSPS) is 10.7. The highest BCUT2D eigenvalue weighted by Crippen LogP contribution is 2.24. The molecule has 3 rings (SSSR count). The number of hydrogen-bond donors (Lipinski definition) is 3. The lowest BCUT2D eigenvalue weighted by atomic mass is 10.2. The topological polar surface area (TPSA) is 74.0 Å². The largest absolute Gasteiger partial charge is 0.357 e. The third kappa shape index (κ3) is 4.67. The number of rotatable bonds is 7. The molecular formula is C20H21N3O2S. The number of hydrogen-bond acceptors (Lipinski definition) is 3. The van der Waals surface area contributed by atoms with E-state index in [9.17, 15) is 9.59 Å². The molecule has 2 amide bonds. The second-order valence-electron chi connectivity index (χ2n) is 5.91. The summed E-state index contributed by atoms with van der Waals surface area (Å²) in [6, 6.07) is 17.6. The number of aromatic amines is 1. The first-order chi connectivity index (χ1) is 12.7. The number of fused-ring (bicyclic) bond motifs is 1. The molecular weight excluding hydrogens is 346 g/mol. The number of anilines is 1. The second kappa shape index (κ2) is 8.58. The summed E-state index contributed by atoms with van der Waals surface area (Å²) in [7, 11) is 0. The lowest BCUT2D eigenvalue weighted by Gasteiger charge is -2.09. The van der Waals surface area contributed by atoms with Gasteiger partial charge < -0.3 is 15.6 Å². The van der Waals surface area contributed by atoms with Gasteiger partial charge in [0.15, 0.2) is 0 Å². The summed E-state index contributed by atoms with van der Waals surface area (Å²) < 4.78 is 0. The number of carbonyl (C=O) groups excluding carboxylic acids is 2. The average molecular weight is 367 g/mol. The molecule has 3 N–H and O–H groups in total. The molecule has 134 valence electrons. The molecule has 0 radical (unpaired) electrons. The highest BCUT2D eigenvalue weighted by Gasteiger charge is 2.09. The first kappa shape index (κ1) is 18.1. The van der Waals surface area contributed by atoms with E-state index in [0.29, 0.717) is 6.54 Å². The van der Waals surface area contributed by atoms with E-state index in [2.05, 4.69) is 15.6 Å². The Morgan fingerprint density at radius 2 is 1.73 bits per heavy atom. The molecule has 0 spiro atoms. The molecule has 0 saturated carbocycles. The molecule has 0 aliphatic rings. The summed E-state index contributed by atoms with van der Waals surface area (Å²) in [6.45, 7) is 0.421. The maximum Gasteiger partial charge on any atom is 0.224 e. The predicted molar refractivity (Wildman–Crippen MR) is 106 cm³/mol. The summed E-state index contributed by atoms with van der Waals surface area (Å²) in [5.74, 6) is -0.302. The fraction of sp³-hybridized carbons (Fsp3) is 0.200. The summed E-state index contributed by atoms with van der Waals surface area (Å²) in [5, 5.41) is 6.82. The van der Waals surface area contributed by atoms with E-state index in [0.717, 1.165) is 27.2 Å². The maximum atomic E-state index is 12.1. The number of aromatic nitrogens is 1. The van der Waals surface area contributed by atoms with Gasteiger partial charge in [0.2, 0.25) is 11.8 Å². The van der Waals surface area contributed by atoms with E-state index in [1.807, 2.05) is 60.9 Å². The molecule has 1 aromatic heterocycles. The number of H-pyrrole nitrogens is 1. The average Bonchev–Trinajstić information content (AvgIpc) is 3.08. The predicted octanol–water partition coefficient (Wildman–Crippen LogP) is 3.92. The van der Waals surface area contributed by atoms with Crippen LogP contribution in [0.1, 0.15) is 18.5 Å². The number of amides is 2.